The van der Waals surface area contributed by atoms with Crippen LogP contribution in [0.15, 0.2) is 40.2 Å². The number of likely N-dealkylation sites (N-methyl/N-ethyl adjacent to an activating group) is 1. The Kier molecular flexibility index (Phi) is 4.96. The predicted octanol–water partition coefficient (Wildman–Crippen LogP) is 4.18. The smallest absolute Gasteiger partial charge is 0.123 e. The Hall–Kier alpha value is -0.910. The first kappa shape index (κ1) is 14.5. The Morgan fingerprint density at radius 1 is 1.37 bits per heavy atom. The molecule has 2 rings (SSSR count). The van der Waals surface area contributed by atoms with Gasteiger partial charge in [-0.15, -0.1) is 11.3 Å². The summed E-state index contributed by atoms with van der Waals surface area (Å²) < 4.78 is 14.1. The Morgan fingerprint density at radius 3 is 2.53 bits per heavy atom. The number of anilines is 1. The van der Waals surface area contributed by atoms with Gasteiger partial charge < -0.3 is 10.6 Å². The Bertz CT molecular complexity index is 526. The second-order valence-corrected chi connectivity index (χ2v) is 6.04. The molecule has 19 heavy (non-hydrogen) atoms. The van der Waals surface area contributed by atoms with Crippen LogP contribution in [0, 0.1) is 5.82 Å². The van der Waals surface area contributed by atoms with Crippen molar-refractivity contribution in [2.24, 2.45) is 5.73 Å². The lowest BCUT2D eigenvalue weighted by Crippen LogP contribution is -2.33. The van der Waals surface area contributed by atoms with E-state index in [0.29, 0.717) is 6.54 Å². The number of nitrogens with zero attached hydrogens (tertiary/aromatic N) is 1. The summed E-state index contributed by atoms with van der Waals surface area (Å²) >= 11 is 5.15. The fourth-order valence-electron chi connectivity index (χ4n) is 2.12. The van der Waals surface area contributed by atoms with Crippen molar-refractivity contribution < 1.29 is 4.39 Å². The number of halogens is 2. The summed E-state index contributed by atoms with van der Waals surface area (Å²) in [5.74, 6) is -0.219. The number of hydrogen-bond donors (Lipinski definition) is 1. The number of hydrogen-bond acceptors (Lipinski definition) is 3. The molecule has 1 unspecified atom stereocenters. The van der Waals surface area contributed by atoms with Crippen LogP contribution >= 0.6 is 27.3 Å². The van der Waals surface area contributed by atoms with Crippen molar-refractivity contribution in [2.45, 2.75) is 13.0 Å². The van der Waals surface area contributed by atoms with Gasteiger partial charge in [-0.3, -0.25) is 0 Å². The Balaban J connectivity index is 2.31. The molecule has 2 aromatic rings. The summed E-state index contributed by atoms with van der Waals surface area (Å²) in [5, 5.41) is 2.05. The van der Waals surface area contributed by atoms with Crippen molar-refractivity contribution in [3.63, 3.8) is 0 Å². The molecule has 102 valence electrons. The van der Waals surface area contributed by atoms with E-state index in [9.17, 15) is 4.39 Å². The normalized spacial score (nSPS) is 12.4. The molecule has 1 aromatic heterocycles. The van der Waals surface area contributed by atoms with E-state index in [1.807, 2.05) is 0 Å². The van der Waals surface area contributed by atoms with Gasteiger partial charge in [0.1, 0.15) is 5.82 Å². The van der Waals surface area contributed by atoms with E-state index in [1.165, 1.54) is 17.0 Å². The molecule has 0 aliphatic carbocycles. The number of benzene rings is 1. The van der Waals surface area contributed by atoms with Gasteiger partial charge in [0.15, 0.2) is 0 Å². The van der Waals surface area contributed by atoms with Crippen LogP contribution in [-0.4, -0.2) is 13.1 Å². The lowest BCUT2D eigenvalue weighted by Gasteiger charge is -2.31. The minimum absolute atomic E-state index is 0.117. The molecule has 0 spiro atoms. The lowest BCUT2D eigenvalue weighted by atomic mass is 10.1. The average molecular weight is 343 g/mol. The summed E-state index contributed by atoms with van der Waals surface area (Å²) in [6, 6.07) is 8.76. The second kappa shape index (κ2) is 6.50. The zero-order valence-corrected chi connectivity index (χ0v) is 13.0. The minimum Gasteiger partial charge on any atom is -0.363 e. The maximum Gasteiger partial charge on any atom is 0.123 e. The van der Waals surface area contributed by atoms with E-state index in [4.69, 9.17) is 5.73 Å². The Morgan fingerprint density at radius 2 is 2.05 bits per heavy atom. The Labute approximate surface area is 125 Å². The van der Waals surface area contributed by atoms with Gasteiger partial charge in [0.05, 0.1) is 6.04 Å². The topological polar surface area (TPSA) is 29.3 Å². The molecule has 0 aliphatic heterocycles. The molecule has 1 aromatic carbocycles. The largest absolute Gasteiger partial charge is 0.363 e. The molecule has 2 nitrogen and oxygen atoms in total. The molecule has 1 atom stereocenters. The molecule has 5 heteroatoms. The van der Waals surface area contributed by atoms with Crippen LogP contribution in [0.25, 0.3) is 0 Å². The van der Waals surface area contributed by atoms with Gasteiger partial charge >= 0.3 is 0 Å². The van der Waals surface area contributed by atoms with Gasteiger partial charge in [0, 0.05) is 33.5 Å². The fourth-order valence-corrected chi connectivity index (χ4v) is 3.69. The third-order valence-corrected chi connectivity index (χ3v) is 4.81. The van der Waals surface area contributed by atoms with Crippen LogP contribution < -0.4 is 10.6 Å². The van der Waals surface area contributed by atoms with Crippen LogP contribution in [0.4, 0.5) is 10.1 Å². The predicted molar refractivity (Wildman–Crippen MR) is 83.2 cm³/mol. The molecule has 0 fully saturated rings. The molecule has 0 radical (unpaired) electrons. The van der Waals surface area contributed by atoms with Crippen molar-refractivity contribution >= 4 is 33.0 Å². The van der Waals surface area contributed by atoms with Gasteiger partial charge in [-0.2, -0.15) is 0 Å². The second-order valence-electron chi connectivity index (χ2n) is 4.18. The maximum absolute atomic E-state index is 13.0. The molecular formula is C14H16BrFN2S. The molecule has 0 saturated carbocycles. The van der Waals surface area contributed by atoms with Crippen molar-refractivity contribution in [3.8, 4) is 0 Å². The molecule has 0 bridgehead atoms. The maximum atomic E-state index is 13.0. The highest BCUT2D eigenvalue weighted by Crippen LogP contribution is 2.32. The first-order chi connectivity index (χ1) is 9.15. The van der Waals surface area contributed by atoms with E-state index >= 15 is 0 Å². The van der Waals surface area contributed by atoms with Gasteiger partial charge in [0.2, 0.25) is 0 Å². The number of rotatable bonds is 5. The molecule has 0 saturated heterocycles. The van der Waals surface area contributed by atoms with Gasteiger partial charge in [-0.05, 0) is 53.2 Å². The van der Waals surface area contributed by atoms with E-state index < -0.39 is 0 Å². The van der Waals surface area contributed by atoms with Crippen molar-refractivity contribution in [3.05, 3.63) is 50.9 Å². The van der Waals surface area contributed by atoms with Crippen LogP contribution in [0.5, 0.6) is 0 Å². The summed E-state index contributed by atoms with van der Waals surface area (Å²) in [7, 11) is 0. The highest BCUT2D eigenvalue weighted by Gasteiger charge is 2.19. The van der Waals surface area contributed by atoms with Crippen LogP contribution in [0.1, 0.15) is 17.8 Å². The monoisotopic (exact) mass is 342 g/mol. The summed E-state index contributed by atoms with van der Waals surface area (Å²) in [6.07, 6.45) is 0. The molecule has 1 heterocycles. The van der Waals surface area contributed by atoms with Crippen molar-refractivity contribution in [2.75, 3.05) is 18.0 Å². The highest BCUT2D eigenvalue weighted by molar-refractivity contribution is 9.10. The zero-order chi connectivity index (χ0) is 13.8. The van der Waals surface area contributed by atoms with E-state index in [0.717, 1.165) is 16.7 Å². The first-order valence-electron chi connectivity index (χ1n) is 6.12. The third kappa shape index (κ3) is 3.35. The van der Waals surface area contributed by atoms with Gasteiger partial charge in [0.25, 0.3) is 0 Å². The molecule has 0 amide bonds. The zero-order valence-electron chi connectivity index (χ0n) is 10.6. The first-order valence-corrected chi connectivity index (χ1v) is 7.79. The van der Waals surface area contributed by atoms with E-state index in [2.05, 4.69) is 39.2 Å². The fraction of sp³-hybridized carbons (Fsp3) is 0.286. The van der Waals surface area contributed by atoms with Crippen LogP contribution in [0.3, 0.4) is 0 Å². The number of nitrogens with two attached hydrogens (primary N) is 1. The molecule has 2 N–H and O–H groups in total. The molecule has 0 aliphatic rings. The number of thiophene rings is 1. The standard InChI is InChI=1S/C14H16BrFN2S/c1-2-18(12-5-3-11(16)4-6-12)13(8-17)14-7-10(15)9-19-14/h3-7,9,13H,2,8,17H2,1H3. The minimum atomic E-state index is -0.219. The third-order valence-electron chi connectivity index (χ3n) is 3.01. The highest BCUT2D eigenvalue weighted by atomic mass is 79.9. The van der Waals surface area contributed by atoms with Crippen molar-refractivity contribution in [1.82, 2.24) is 0 Å². The SMILES string of the molecule is CCN(c1ccc(F)cc1)C(CN)c1cc(Br)cs1. The van der Waals surface area contributed by atoms with Crippen LogP contribution in [-0.2, 0) is 0 Å². The van der Waals surface area contributed by atoms with Crippen molar-refractivity contribution in [1.29, 1.82) is 0 Å². The quantitative estimate of drug-likeness (QED) is 0.883. The van der Waals surface area contributed by atoms with E-state index in [-0.39, 0.29) is 11.9 Å². The molecular weight excluding hydrogens is 327 g/mol. The van der Waals surface area contributed by atoms with E-state index in [1.54, 1.807) is 23.5 Å². The van der Waals surface area contributed by atoms with Gasteiger partial charge in [-0.1, -0.05) is 0 Å². The summed E-state index contributed by atoms with van der Waals surface area (Å²) in [4.78, 5) is 3.40. The van der Waals surface area contributed by atoms with Gasteiger partial charge in [-0.25, -0.2) is 4.39 Å². The lowest BCUT2D eigenvalue weighted by molar-refractivity contribution is 0.624. The summed E-state index contributed by atoms with van der Waals surface area (Å²) in [6.45, 7) is 3.43. The van der Waals surface area contributed by atoms with Crippen LogP contribution in [0.2, 0.25) is 0 Å². The average Bonchev–Trinajstić information content (AvgIpc) is 2.83. The summed E-state index contributed by atoms with van der Waals surface area (Å²) in [5.41, 5.74) is 6.92.